The standard InChI is InChI=1S/C19H15F3N6O4S2/c1-10(16-25-9-26-28(16)18-24-8-13(7-23)33-18)27-17(29)11-4-12(32-19(20,21)22)6-15(5-11)34(30,31)14-2-3-14/h4-6,8-10,14H,2-3H2,1H3,(H,27,29)/t10-/m0/s1. The molecule has 1 saturated carbocycles. The summed E-state index contributed by atoms with van der Waals surface area (Å²) in [7, 11) is -3.90. The van der Waals surface area contributed by atoms with Crippen molar-refractivity contribution in [1.29, 1.82) is 5.26 Å². The van der Waals surface area contributed by atoms with E-state index >= 15 is 0 Å². The van der Waals surface area contributed by atoms with Gasteiger partial charge in [0.2, 0.25) is 5.13 Å². The van der Waals surface area contributed by atoms with Gasteiger partial charge in [-0.3, -0.25) is 4.79 Å². The lowest BCUT2D eigenvalue weighted by Gasteiger charge is -2.16. The van der Waals surface area contributed by atoms with Crippen LogP contribution in [-0.2, 0) is 9.84 Å². The monoisotopic (exact) mass is 512 g/mol. The number of ether oxygens (including phenoxy) is 1. The third-order valence-electron chi connectivity index (χ3n) is 4.76. The van der Waals surface area contributed by atoms with Crippen molar-refractivity contribution in [2.45, 2.75) is 42.3 Å². The number of hydrogen-bond acceptors (Lipinski definition) is 9. The van der Waals surface area contributed by atoms with Gasteiger partial charge in [0, 0.05) is 5.56 Å². The van der Waals surface area contributed by atoms with E-state index in [4.69, 9.17) is 5.26 Å². The molecule has 0 spiro atoms. The van der Waals surface area contributed by atoms with Gasteiger partial charge in [-0.2, -0.15) is 15.0 Å². The summed E-state index contributed by atoms with van der Waals surface area (Å²) in [5, 5.41) is 15.2. The number of carbonyl (C=O) groups excluding carboxylic acids is 1. The molecule has 1 N–H and O–H groups in total. The molecule has 4 rings (SSSR count). The third kappa shape index (κ3) is 5.02. The highest BCUT2D eigenvalue weighted by Crippen LogP contribution is 2.36. The molecule has 1 fully saturated rings. The first-order valence-corrected chi connectivity index (χ1v) is 12.1. The number of amides is 1. The highest BCUT2D eigenvalue weighted by molar-refractivity contribution is 7.92. The maximum absolute atomic E-state index is 12.9. The molecule has 0 unspecified atom stereocenters. The Labute approximate surface area is 194 Å². The van der Waals surface area contributed by atoms with Crippen LogP contribution in [0.5, 0.6) is 5.75 Å². The second-order valence-electron chi connectivity index (χ2n) is 7.33. The lowest BCUT2D eigenvalue weighted by atomic mass is 10.2. The van der Waals surface area contributed by atoms with E-state index < -0.39 is 44.0 Å². The zero-order valence-electron chi connectivity index (χ0n) is 17.3. The largest absolute Gasteiger partial charge is 0.573 e. The number of carbonyl (C=O) groups is 1. The highest BCUT2D eigenvalue weighted by atomic mass is 32.2. The quantitative estimate of drug-likeness (QED) is 0.510. The molecule has 3 aromatic rings. The fourth-order valence-corrected chi connectivity index (χ4v) is 5.48. The molecule has 1 aliphatic carbocycles. The molecule has 1 aromatic carbocycles. The average molecular weight is 512 g/mol. The van der Waals surface area contributed by atoms with Gasteiger partial charge in [0.25, 0.3) is 5.91 Å². The van der Waals surface area contributed by atoms with Crippen LogP contribution in [0, 0.1) is 11.3 Å². The minimum absolute atomic E-state index is 0.237. The Morgan fingerprint density at radius 3 is 2.68 bits per heavy atom. The van der Waals surface area contributed by atoms with Gasteiger partial charge in [0.1, 0.15) is 23.0 Å². The minimum Gasteiger partial charge on any atom is -0.406 e. The number of nitriles is 1. The Morgan fingerprint density at radius 2 is 2.06 bits per heavy atom. The van der Waals surface area contributed by atoms with Gasteiger partial charge in [0.15, 0.2) is 15.7 Å². The van der Waals surface area contributed by atoms with Gasteiger partial charge >= 0.3 is 6.36 Å². The van der Waals surface area contributed by atoms with Crippen LogP contribution in [0.4, 0.5) is 13.2 Å². The van der Waals surface area contributed by atoms with E-state index in [0.29, 0.717) is 22.9 Å². The predicted molar refractivity (Wildman–Crippen MR) is 111 cm³/mol. The van der Waals surface area contributed by atoms with E-state index in [1.54, 1.807) is 6.92 Å². The topological polar surface area (TPSA) is 140 Å². The second kappa shape index (κ2) is 8.69. The van der Waals surface area contributed by atoms with Gasteiger partial charge in [-0.25, -0.2) is 18.4 Å². The Balaban J connectivity index is 1.62. The molecular weight excluding hydrogens is 497 g/mol. The van der Waals surface area contributed by atoms with Crippen LogP contribution in [0.25, 0.3) is 5.13 Å². The number of hydrogen-bond donors (Lipinski definition) is 1. The normalized spacial score (nSPS) is 14.9. The zero-order chi connectivity index (χ0) is 24.7. The van der Waals surface area contributed by atoms with Crippen LogP contribution in [-0.4, -0.2) is 45.7 Å². The van der Waals surface area contributed by atoms with E-state index in [0.717, 1.165) is 29.5 Å². The molecule has 34 heavy (non-hydrogen) atoms. The molecule has 0 radical (unpaired) electrons. The van der Waals surface area contributed by atoms with E-state index in [1.807, 2.05) is 6.07 Å². The fraction of sp³-hybridized carbons (Fsp3) is 0.316. The summed E-state index contributed by atoms with van der Waals surface area (Å²) in [4.78, 5) is 20.9. The van der Waals surface area contributed by atoms with Crippen LogP contribution < -0.4 is 10.1 Å². The number of thiazole rings is 1. The van der Waals surface area contributed by atoms with Crippen molar-refractivity contribution in [3.05, 3.63) is 47.0 Å². The van der Waals surface area contributed by atoms with Crippen molar-refractivity contribution in [2.24, 2.45) is 0 Å². The Kier molecular flexibility index (Phi) is 6.04. The number of halogens is 3. The number of rotatable bonds is 7. The average Bonchev–Trinajstić information content (AvgIpc) is 3.32. The van der Waals surface area contributed by atoms with E-state index in [9.17, 15) is 26.4 Å². The van der Waals surface area contributed by atoms with E-state index in [2.05, 4.69) is 25.1 Å². The molecule has 2 heterocycles. The summed E-state index contributed by atoms with van der Waals surface area (Å²) >= 11 is 1.04. The second-order valence-corrected chi connectivity index (χ2v) is 10.6. The number of alkyl halides is 3. The van der Waals surface area contributed by atoms with Crippen molar-refractivity contribution >= 4 is 27.1 Å². The van der Waals surface area contributed by atoms with Crippen molar-refractivity contribution in [3.63, 3.8) is 0 Å². The Hall–Kier alpha value is -3.51. The lowest BCUT2D eigenvalue weighted by Crippen LogP contribution is -2.29. The number of nitrogens with zero attached hydrogens (tertiary/aromatic N) is 5. The number of aromatic nitrogens is 4. The molecule has 1 amide bonds. The molecule has 1 aliphatic rings. The van der Waals surface area contributed by atoms with E-state index in [1.165, 1.54) is 17.2 Å². The van der Waals surface area contributed by atoms with Crippen molar-refractivity contribution in [2.75, 3.05) is 0 Å². The van der Waals surface area contributed by atoms with Crippen LogP contribution in [0.15, 0.2) is 35.6 Å². The third-order valence-corrected chi connectivity index (χ3v) is 7.88. The number of sulfone groups is 1. The first-order chi connectivity index (χ1) is 16.0. The fourth-order valence-electron chi connectivity index (χ4n) is 3.08. The summed E-state index contributed by atoms with van der Waals surface area (Å²) < 4.78 is 68.8. The van der Waals surface area contributed by atoms with Gasteiger partial charge < -0.3 is 10.1 Å². The summed E-state index contributed by atoms with van der Waals surface area (Å²) in [6.45, 7) is 1.55. The number of benzene rings is 1. The summed E-state index contributed by atoms with van der Waals surface area (Å²) in [6, 6.07) is 3.73. The molecule has 15 heteroatoms. The van der Waals surface area contributed by atoms with Crippen molar-refractivity contribution in [3.8, 4) is 17.0 Å². The lowest BCUT2D eigenvalue weighted by molar-refractivity contribution is -0.274. The molecule has 0 saturated heterocycles. The SMILES string of the molecule is C[C@H](NC(=O)c1cc(OC(F)(F)F)cc(S(=O)(=O)C2CC2)c1)c1ncnn1-c1ncc(C#N)s1. The zero-order valence-corrected chi connectivity index (χ0v) is 18.9. The molecule has 10 nitrogen and oxygen atoms in total. The van der Waals surface area contributed by atoms with Gasteiger partial charge in [-0.05, 0) is 38.0 Å². The van der Waals surface area contributed by atoms with Crippen LogP contribution in [0.3, 0.4) is 0 Å². The Bertz CT molecular complexity index is 1390. The molecule has 178 valence electrons. The first kappa shape index (κ1) is 23.6. The summed E-state index contributed by atoms with van der Waals surface area (Å²) in [5.41, 5.74) is -0.333. The molecular formula is C19H15F3N6O4S2. The van der Waals surface area contributed by atoms with Crippen molar-refractivity contribution < 1.29 is 31.1 Å². The Morgan fingerprint density at radius 1 is 1.32 bits per heavy atom. The van der Waals surface area contributed by atoms with E-state index in [-0.39, 0.29) is 11.4 Å². The number of nitrogens with one attached hydrogen (secondary N) is 1. The van der Waals surface area contributed by atoms with Crippen molar-refractivity contribution in [1.82, 2.24) is 25.1 Å². The summed E-state index contributed by atoms with van der Waals surface area (Å²) in [6.07, 6.45) is -1.72. The van der Waals surface area contributed by atoms with Crippen LogP contribution >= 0.6 is 11.3 Å². The summed E-state index contributed by atoms with van der Waals surface area (Å²) in [5.74, 6) is -1.43. The highest BCUT2D eigenvalue weighted by Gasteiger charge is 2.38. The first-order valence-electron chi connectivity index (χ1n) is 9.70. The van der Waals surface area contributed by atoms with Gasteiger partial charge in [0.05, 0.1) is 22.4 Å². The molecule has 2 aromatic heterocycles. The van der Waals surface area contributed by atoms with Crippen LogP contribution in [0.1, 0.15) is 46.9 Å². The smallest absolute Gasteiger partial charge is 0.406 e. The molecule has 1 atom stereocenters. The molecule has 0 aliphatic heterocycles. The maximum Gasteiger partial charge on any atom is 0.573 e. The predicted octanol–water partition coefficient (Wildman–Crippen LogP) is 2.92. The molecule has 0 bridgehead atoms. The minimum atomic E-state index is -5.07. The van der Waals surface area contributed by atoms with Crippen LogP contribution in [0.2, 0.25) is 0 Å². The van der Waals surface area contributed by atoms with Gasteiger partial charge in [-0.15, -0.1) is 13.2 Å². The maximum atomic E-state index is 12.9. The van der Waals surface area contributed by atoms with Gasteiger partial charge in [-0.1, -0.05) is 11.3 Å².